The van der Waals surface area contributed by atoms with E-state index in [9.17, 15) is 9.90 Å². The van der Waals surface area contributed by atoms with Crippen molar-refractivity contribution in [3.8, 4) is 0 Å². The summed E-state index contributed by atoms with van der Waals surface area (Å²) in [7, 11) is 0. The number of carbonyl (C=O) groups is 1. The Bertz CT molecular complexity index is 309. The van der Waals surface area contributed by atoms with Crippen molar-refractivity contribution in [1.82, 2.24) is 0 Å². The van der Waals surface area contributed by atoms with Crippen LogP contribution in [0.25, 0.3) is 0 Å². The van der Waals surface area contributed by atoms with Gasteiger partial charge in [-0.05, 0) is 5.56 Å². The maximum absolute atomic E-state index is 10.5. The van der Waals surface area contributed by atoms with Crippen LogP contribution in [-0.2, 0) is 10.5 Å². The number of carbonyl (C=O) groups excluding carboxylic acids is 1. The van der Waals surface area contributed by atoms with Crippen molar-refractivity contribution in [2.75, 3.05) is 0 Å². The van der Waals surface area contributed by atoms with Crippen molar-refractivity contribution in [2.24, 2.45) is 11.5 Å². The van der Waals surface area contributed by atoms with Gasteiger partial charge in [0.15, 0.2) is 0 Å². The van der Waals surface area contributed by atoms with Gasteiger partial charge in [0.2, 0.25) is 5.91 Å². The van der Waals surface area contributed by atoms with Gasteiger partial charge in [-0.2, -0.15) is 0 Å². The summed E-state index contributed by atoms with van der Waals surface area (Å²) >= 11 is 0. The molecule has 0 radical (unpaired) electrons. The van der Waals surface area contributed by atoms with Crippen molar-refractivity contribution < 1.29 is 9.90 Å². The van der Waals surface area contributed by atoms with Crippen LogP contribution in [0.4, 0.5) is 0 Å². The quantitative estimate of drug-likeness (QED) is 0.592. The van der Waals surface area contributed by atoms with Gasteiger partial charge < -0.3 is 10.8 Å². The molecule has 0 aromatic heterocycles. The lowest BCUT2D eigenvalue weighted by Gasteiger charge is -2.22. The van der Waals surface area contributed by atoms with E-state index in [-0.39, 0.29) is 12.8 Å². The molecule has 0 bridgehead atoms. The van der Waals surface area contributed by atoms with Crippen LogP contribution in [0, 0.1) is 0 Å². The molecule has 0 saturated heterocycles. The summed E-state index contributed by atoms with van der Waals surface area (Å²) < 4.78 is 0. The van der Waals surface area contributed by atoms with Gasteiger partial charge in [0, 0.05) is 12.8 Å². The third kappa shape index (κ3) is 2.83. The fraction of sp³-hybridized carbons (Fsp3) is 0.300. The van der Waals surface area contributed by atoms with Crippen molar-refractivity contribution in [3.05, 3.63) is 35.9 Å². The second-order valence-electron chi connectivity index (χ2n) is 3.26. The van der Waals surface area contributed by atoms with E-state index in [1.54, 1.807) is 24.3 Å². The Morgan fingerprint density at radius 1 is 1.36 bits per heavy atom. The summed E-state index contributed by atoms with van der Waals surface area (Å²) in [6.45, 7) is 0. The van der Waals surface area contributed by atoms with Crippen molar-refractivity contribution >= 4 is 5.91 Å². The average molecular weight is 194 g/mol. The second kappa shape index (κ2) is 4.21. The Hall–Kier alpha value is -1.39. The maximum atomic E-state index is 10.5. The molecule has 0 aliphatic rings. The van der Waals surface area contributed by atoms with Crippen LogP contribution in [-0.4, -0.2) is 11.0 Å². The van der Waals surface area contributed by atoms with Crippen LogP contribution in [0.1, 0.15) is 18.4 Å². The predicted octanol–water partition coefficient (Wildman–Crippen LogP) is 0.0559. The van der Waals surface area contributed by atoms with Crippen molar-refractivity contribution in [3.63, 3.8) is 0 Å². The first-order valence-corrected chi connectivity index (χ1v) is 4.37. The van der Waals surface area contributed by atoms with Gasteiger partial charge in [-0.15, -0.1) is 0 Å². The molecule has 1 aromatic carbocycles. The lowest BCUT2D eigenvalue weighted by atomic mass is 9.99. The van der Waals surface area contributed by atoms with Crippen LogP contribution >= 0.6 is 0 Å². The molecule has 0 aliphatic heterocycles. The van der Waals surface area contributed by atoms with Crippen LogP contribution in [0.3, 0.4) is 0 Å². The van der Waals surface area contributed by atoms with E-state index in [1.165, 1.54) is 0 Å². The molecule has 0 heterocycles. The Morgan fingerprint density at radius 3 is 2.43 bits per heavy atom. The summed E-state index contributed by atoms with van der Waals surface area (Å²) in [6.07, 6.45) is 0.203. The fourth-order valence-corrected chi connectivity index (χ4v) is 1.18. The lowest BCUT2D eigenvalue weighted by Crippen LogP contribution is -2.37. The largest absolute Gasteiger partial charge is 0.372 e. The molecule has 4 nitrogen and oxygen atoms in total. The first-order chi connectivity index (χ1) is 6.52. The number of hydrogen-bond donors (Lipinski definition) is 3. The SMILES string of the molecule is NC(=O)CCC(N)(O)c1ccccc1. The molecule has 14 heavy (non-hydrogen) atoms. The Kier molecular flexibility index (Phi) is 3.22. The first-order valence-electron chi connectivity index (χ1n) is 4.37. The third-order valence-electron chi connectivity index (χ3n) is 2.03. The fourth-order valence-electron chi connectivity index (χ4n) is 1.18. The van der Waals surface area contributed by atoms with E-state index < -0.39 is 11.6 Å². The molecule has 1 aromatic rings. The molecule has 1 atom stereocenters. The number of nitrogens with two attached hydrogens (primary N) is 2. The summed E-state index contributed by atoms with van der Waals surface area (Å²) in [5.41, 5.74) is 9.71. The van der Waals surface area contributed by atoms with E-state index >= 15 is 0 Å². The highest BCUT2D eigenvalue weighted by molar-refractivity contribution is 5.73. The normalized spacial score (nSPS) is 14.7. The summed E-state index contributed by atoms with van der Waals surface area (Å²) in [5, 5.41) is 9.80. The second-order valence-corrected chi connectivity index (χ2v) is 3.26. The first kappa shape index (κ1) is 10.7. The molecule has 0 spiro atoms. The number of benzene rings is 1. The molecule has 1 amide bonds. The highest BCUT2D eigenvalue weighted by atomic mass is 16.3. The zero-order chi connectivity index (χ0) is 10.6. The highest BCUT2D eigenvalue weighted by Crippen LogP contribution is 2.19. The van der Waals surface area contributed by atoms with Gasteiger partial charge in [0.05, 0.1) is 0 Å². The number of aliphatic hydroxyl groups is 1. The molecule has 1 unspecified atom stereocenters. The zero-order valence-corrected chi connectivity index (χ0v) is 7.81. The molecule has 5 N–H and O–H groups in total. The molecule has 4 heteroatoms. The van der Waals surface area contributed by atoms with Crippen LogP contribution in [0.2, 0.25) is 0 Å². The summed E-state index contributed by atoms with van der Waals surface area (Å²) in [4.78, 5) is 10.5. The number of primary amides is 1. The Morgan fingerprint density at radius 2 is 1.93 bits per heavy atom. The Balaban J connectivity index is 2.70. The van der Waals surface area contributed by atoms with E-state index in [1.807, 2.05) is 6.07 Å². The minimum absolute atomic E-state index is 0.0713. The Labute approximate surface area is 82.5 Å². The van der Waals surface area contributed by atoms with Gasteiger partial charge in [-0.25, -0.2) is 0 Å². The molecule has 1 rings (SSSR count). The number of amides is 1. The van der Waals surface area contributed by atoms with Gasteiger partial charge in [-0.3, -0.25) is 10.5 Å². The number of hydrogen-bond acceptors (Lipinski definition) is 3. The van der Waals surface area contributed by atoms with Crippen LogP contribution in [0.5, 0.6) is 0 Å². The van der Waals surface area contributed by atoms with Gasteiger partial charge in [0.25, 0.3) is 0 Å². The molecular formula is C10H14N2O2. The standard InChI is InChI=1S/C10H14N2O2/c11-9(13)6-7-10(12,14)8-4-2-1-3-5-8/h1-5,14H,6-7,12H2,(H2,11,13). The van der Waals surface area contributed by atoms with Gasteiger partial charge >= 0.3 is 0 Å². The third-order valence-corrected chi connectivity index (χ3v) is 2.03. The monoisotopic (exact) mass is 194 g/mol. The van der Waals surface area contributed by atoms with E-state index in [0.717, 1.165) is 0 Å². The molecular weight excluding hydrogens is 180 g/mol. The van der Waals surface area contributed by atoms with Crippen LogP contribution in [0.15, 0.2) is 30.3 Å². The topological polar surface area (TPSA) is 89.3 Å². The summed E-state index contributed by atoms with van der Waals surface area (Å²) in [6, 6.07) is 8.80. The predicted molar refractivity (Wildman–Crippen MR) is 53.0 cm³/mol. The van der Waals surface area contributed by atoms with Crippen molar-refractivity contribution in [2.45, 2.75) is 18.6 Å². The van der Waals surface area contributed by atoms with E-state index in [4.69, 9.17) is 11.5 Å². The molecule has 76 valence electrons. The molecule has 0 aliphatic carbocycles. The summed E-state index contributed by atoms with van der Waals surface area (Å²) in [5.74, 6) is -0.468. The number of rotatable bonds is 4. The minimum atomic E-state index is -1.48. The van der Waals surface area contributed by atoms with Gasteiger partial charge in [-0.1, -0.05) is 30.3 Å². The minimum Gasteiger partial charge on any atom is -0.372 e. The highest BCUT2D eigenvalue weighted by Gasteiger charge is 2.23. The molecule has 0 saturated carbocycles. The van der Waals surface area contributed by atoms with E-state index in [0.29, 0.717) is 5.56 Å². The zero-order valence-electron chi connectivity index (χ0n) is 7.81. The average Bonchev–Trinajstić information content (AvgIpc) is 2.16. The molecule has 0 fully saturated rings. The van der Waals surface area contributed by atoms with Gasteiger partial charge in [0.1, 0.15) is 5.72 Å². The smallest absolute Gasteiger partial charge is 0.217 e. The van der Waals surface area contributed by atoms with Crippen molar-refractivity contribution in [1.29, 1.82) is 0 Å². The van der Waals surface area contributed by atoms with E-state index in [2.05, 4.69) is 0 Å². The maximum Gasteiger partial charge on any atom is 0.217 e. The van der Waals surface area contributed by atoms with Crippen LogP contribution < -0.4 is 11.5 Å². The lowest BCUT2D eigenvalue weighted by molar-refractivity contribution is -0.119.